The molecule has 0 aromatic carbocycles. The van der Waals surface area contributed by atoms with Gasteiger partial charge in [0.15, 0.2) is 0 Å². The minimum atomic E-state index is -4.37. The van der Waals surface area contributed by atoms with Crippen molar-refractivity contribution in [2.45, 2.75) is 72.6 Å². The molecule has 0 aliphatic carbocycles. The van der Waals surface area contributed by atoms with Crippen molar-refractivity contribution in [2.24, 2.45) is 5.92 Å². The number of rotatable bonds is 12. The molecule has 0 saturated carbocycles. The summed E-state index contributed by atoms with van der Waals surface area (Å²) in [7, 11) is 0. The van der Waals surface area contributed by atoms with Crippen molar-refractivity contribution in [3.05, 3.63) is 35.5 Å². The van der Waals surface area contributed by atoms with Gasteiger partial charge in [-0.3, -0.25) is 0 Å². The number of hydrogen-bond donors (Lipinski definition) is 3. The summed E-state index contributed by atoms with van der Waals surface area (Å²) in [5.41, 5.74) is 2.11. The van der Waals surface area contributed by atoms with Gasteiger partial charge in [0.25, 0.3) is 0 Å². The predicted octanol–water partition coefficient (Wildman–Crippen LogP) is 6.88. The molecule has 0 aliphatic heterocycles. The summed E-state index contributed by atoms with van der Waals surface area (Å²) >= 11 is 1.53. The summed E-state index contributed by atoms with van der Waals surface area (Å²) in [6.45, 7) is 15.0. The Labute approximate surface area is 210 Å². The van der Waals surface area contributed by atoms with Crippen LogP contribution in [0.3, 0.4) is 0 Å². The van der Waals surface area contributed by atoms with Crippen LogP contribution >= 0.6 is 11.3 Å². The molecule has 3 N–H and O–H groups in total. The summed E-state index contributed by atoms with van der Waals surface area (Å²) < 4.78 is 38.1. The lowest BCUT2D eigenvalue weighted by molar-refractivity contribution is -0.115. The standard InChI is InChI=1S/C23H34F3N5OS.C2H4/c1-6-10-16-18(9-4)33-21(30-16)19-14(5)29-22(28-13-23(24,25)26)31-20(19)27-12-11-15(7-2)17(32)8-3;1-2/h6,10,15,17,32H,7-9,11-13H2,1-5H3,(H2,27,28,29,31);1-2H2/b10-6-;. The van der Waals surface area contributed by atoms with E-state index in [0.717, 1.165) is 28.4 Å². The predicted molar refractivity (Wildman–Crippen MR) is 141 cm³/mol. The van der Waals surface area contributed by atoms with E-state index in [-0.39, 0.29) is 18.0 Å². The van der Waals surface area contributed by atoms with Gasteiger partial charge in [0.1, 0.15) is 17.4 Å². The van der Waals surface area contributed by atoms with E-state index in [1.54, 1.807) is 6.92 Å². The minimum absolute atomic E-state index is 0.0855. The average Bonchev–Trinajstić information content (AvgIpc) is 3.23. The fourth-order valence-corrected chi connectivity index (χ4v) is 4.69. The lowest BCUT2D eigenvalue weighted by atomic mass is 9.94. The van der Waals surface area contributed by atoms with E-state index in [4.69, 9.17) is 4.98 Å². The number of nitrogens with zero attached hydrogens (tertiary/aromatic N) is 3. The van der Waals surface area contributed by atoms with Gasteiger partial charge in [0.2, 0.25) is 5.95 Å². The number of anilines is 2. The zero-order chi connectivity index (χ0) is 26.6. The maximum atomic E-state index is 12.7. The average molecular weight is 514 g/mol. The molecule has 2 aromatic rings. The lowest BCUT2D eigenvalue weighted by Gasteiger charge is -2.21. The number of nitrogens with one attached hydrogen (secondary N) is 2. The fourth-order valence-electron chi connectivity index (χ4n) is 3.60. The maximum absolute atomic E-state index is 12.7. The number of aliphatic hydroxyl groups excluding tert-OH is 1. The zero-order valence-corrected chi connectivity index (χ0v) is 22.1. The van der Waals surface area contributed by atoms with Crippen molar-refractivity contribution in [2.75, 3.05) is 23.7 Å². The number of aryl methyl sites for hydroxylation is 2. The van der Waals surface area contributed by atoms with Gasteiger partial charge >= 0.3 is 6.18 Å². The van der Waals surface area contributed by atoms with Crippen LogP contribution in [-0.4, -0.2) is 45.4 Å². The highest BCUT2D eigenvalue weighted by molar-refractivity contribution is 7.15. The zero-order valence-electron chi connectivity index (χ0n) is 21.3. The third kappa shape index (κ3) is 9.25. The van der Waals surface area contributed by atoms with Gasteiger partial charge in [0, 0.05) is 11.4 Å². The highest BCUT2D eigenvalue weighted by Crippen LogP contribution is 2.36. The molecule has 6 nitrogen and oxygen atoms in total. The highest BCUT2D eigenvalue weighted by Gasteiger charge is 2.28. The monoisotopic (exact) mass is 513 g/mol. The van der Waals surface area contributed by atoms with Gasteiger partial charge < -0.3 is 15.7 Å². The van der Waals surface area contributed by atoms with Crippen molar-refractivity contribution in [3.63, 3.8) is 0 Å². The van der Waals surface area contributed by atoms with Crippen LogP contribution in [0.25, 0.3) is 16.6 Å². The molecule has 0 bridgehead atoms. The number of halogens is 3. The molecule has 2 aromatic heterocycles. The molecule has 0 radical (unpaired) electrons. The number of alkyl halides is 3. The van der Waals surface area contributed by atoms with Gasteiger partial charge in [-0.15, -0.1) is 24.5 Å². The summed E-state index contributed by atoms with van der Waals surface area (Å²) in [6, 6.07) is 0. The Hall–Kier alpha value is -2.46. The van der Waals surface area contributed by atoms with Gasteiger partial charge in [-0.05, 0) is 45.1 Å². The Bertz CT molecular complexity index is 946. The van der Waals surface area contributed by atoms with Crippen molar-refractivity contribution in [3.8, 4) is 10.6 Å². The van der Waals surface area contributed by atoms with E-state index in [0.29, 0.717) is 36.5 Å². The Morgan fingerprint density at radius 2 is 1.77 bits per heavy atom. The van der Waals surface area contributed by atoms with Crippen LogP contribution in [0.2, 0.25) is 0 Å². The number of hydrogen-bond acceptors (Lipinski definition) is 7. The highest BCUT2D eigenvalue weighted by atomic mass is 32.1. The van der Waals surface area contributed by atoms with Gasteiger partial charge in [0.05, 0.1) is 23.1 Å². The second-order valence-corrected chi connectivity index (χ2v) is 8.95. The molecular weight excluding hydrogens is 475 g/mol. The largest absolute Gasteiger partial charge is 0.405 e. The molecule has 35 heavy (non-hydrogen) atoms. The van der Waals surface area contributed by atoms with Crippen LogP contribution in [0.5, 0.6) is 0 Å². The summed E-state index contributed by atoms with van der Waals surface area (Å²) in [6.07, 6.45) is 2.15. The summed E-state index contributed by atoms with van der Waals surface area (Å²) in [5, 5.41) is 16.5. The van der Waals surface area contributed by atoms with E-state index in [9.17, 15) is 18.3 Å². The Kier molecular flexibility index (Phi) is 13.0. The van der Waals surface area contributed by atoms with Gasteiger partial charge in [-0.25, -0.2) is 9.97 Å². The summed E-state index contributed by atoms with van der Waals surface area (Å²) in [5.74, 6) is 0.485. The molecule has 0 aliphatic rings. The first-order valence-electron chi connectivity index (χ1n) is 11.9. The van der Waals surface area contributed by atoms with Crippen LogP contribution < -0.4 is 10.6 Å². The minimum Gasteiger partial charge on any atom is -0.393 e. The van der Waals surface area contributed by atoms with Crippen molar-refractivity contribution >= 4 is 29.2 Å². The first kappa shape index (κ1) is 30.6. The van der Waals surface area contributed by atoms with Gasteiger partial charge in [-0.1, -0.05) is 33.3 Å². The molecule has 2 atom stereocenters. The molecule has 0 amide bonds. The van der Waals surface area contributed by atoms with E-state index < -0.39 is 12.7 Å². The lowest BCUT2D eigenvalue weighted by Crippen LogP contribution is -2.23. The SMILES string of the molecule is C/C=C\c1nc(-c2c(C)nc(NCC(F)(F)F)nc2NCCC(CC)C(O)CC)sc1CC.C=C. The number of aliphatic hydroxyl groups is 1. The molecular formula is C25H38F3N5OS. The van der Waals surface area contributed by atoms with Crippen LogP contribution in [0.15, 0.2) is 19.2 Å². The van der Waals surface area contributed by atoms with Crippen molar-refractivity contribution < 1.29 is 18.3 Å². The Morgan fingerprint density at radius 3 is 2.31 bits per heavy atom. The van der Waals surface area contributed by atoms with Crippen LogP contribution in [0, 0.1) is 12.8 Å². The fraction of sp³-hybridized carbons (Fsp3) is 0.560. The third-order valence-electron chi connectivity index (χ3n) is 5.42. The van der Waals surface area contributed by atoms with Crippen LogP contribution in [0.4, 0.5) is 24.9 Å². The molecule has 2 rings (SSSR count). The molecule has 0 saturated heterocycles. The summed E-state index contributed by atoms with van der Waals surface area (Å²) in [4.78, 5) is 14.5. The molecule has 2 heterocycles. The maximum Gasteiger partial charge on any atom is 0.405 e. The number of aromatic nitrogens is 3. The molecule has 2 unspecified atom stereocenters. The first-order chi connectivity index (χ1) is 16.6. The Morgan fingerprint density at radius 1 is 1.09 bits per heavy atom. The van der Waals surface area contributed by atoms with Crippen molar-refractivity contribution in [1.29, 1.82) is 0 Å². The first-order valence-corrected chi connectivity index (χ1v) is 12.7. The molecule has 0 fully saturated rings. The molecule has 10 heteroatoms. The third-order valence-corrected chi connectivity index (χ3v) is 6.65. The second-order valence-electron chi connectivity index (χ2n) is 7.87. The smallest absolute Gasteiger partial charge is 0.393 e. The number of thiazole rings is 1. The normalized spacial score (nSPS) is 13.3. The number of allylic oxidation sites excluding steroid dienone is 1. The van der Waals surface area contributed by atoms with Crippen LogP contribution in [-0.2, 0) is 6.42 Å². The molecule has 0 spiro atoms. The molecule has 196 valence electrons. The second kappa shape index (κ2) is 14.8. The van der Waals surface area contributed by atoms with E-state index in [1.165, 1.54) is 11.3 Å². The van der Waals surface area contributed by atoms with Crippen molar-refractivity contribution in [1.82, 2.24) is 15.0 Å². The topological polar surface area (TPSA) is 83.0 Å². The van der Waals surface area contributed by atoms with E-state index in [2.05, 4.69) is 40.7 Å². The van der Waals surface area contributed by atoms with Crippen LogP contribution in [0.1, 0.15) is 63.2 Å². The van der Waals surface area contributed by atoms with Gasteiger partial charge in [-0.2, -0.15) is 18.2 Å². The Balaban J connectivity index is 0.00000298. The quantitative estimate of drug-likeness (QED) is 0.268. The van der Waals surface area contributed by atoms with E-state index >= 15 is 0 Å². The van der Waals surface area contributed by atoms with E-state index in [1.807, 2.05) is 32.9 Å².